The van der Waals surface area contributed by atoms with Crippen LogP contribution < -0.4 is 49.7 Å². The molecule has 0 spiro atoms. The van der Waals surface area contributed by atoms with Crippen LogP contribution in [-0.2, 0) is 0 Å². The van der Waals surface area contributed by atoms with Crippen molar-refractivity contribution in [1.29, 1.82) is 0 Å². The topological polar surface area (TPSA) is 104 Å². The van der Waals surface area contributed by atoms with Crippen molar-refractivity contribution in [2.45, 2.75) is 24.3 Å². The van der Waals surface area contributed by atoms with E-state index in [1.165, 1.54) is 0 Å². The fourth-order valence-electron chi connectivity index (χ4n) is 6.33. The number of ether oxygens (including phenoxy) is 6. The van der Waals surface area contributed by atoms with E-state index >= 15 is 0 Å². The Kier molecular flexibility index (Phi) is 11.4. The Morgan fingerprint density at radius 1 is 0.375 bits per heavy atom. The predicted molar refractivity (Wildman–Crippen MR) is 223 cm³/mol. The molecule has 0 radical (unpaired) electrons. The molecule has 5 aromatic rings. The van der Waals surface area contributed by atoms with E-state index in [1.807, 2.05) is 146 Å². The molecule has 0 bridgehead atoms. The van der Waals surface area contributed by atoms with E-state index in [0.29, 0.717) is 24.3 Å². The van der Waals surface area contributed by atoms with Gasteiger partial charge in [-0.3, -0.25) is 0 Å². The molecule has 286 valence electrons. The lowest BCUT2D eigenvalue weighted by Crippen LogP contribution is -2.43. The third kappa shape index (κ3) is 9.40. The van der Waals surface area contributed by atoms with Crippen LogP contribution in [0.15, 0.2) is 169 Å². The largest absolute Gasteiger partial charge is 0.497 e. The minimum absolute atomic E-state index is 0.547. The standard InChI is InChI=1S/C46H46N4O6/c1-51-39-13-5-33(6-14-39)47-35-25-29-45(30-26-35,49-37-9-17-41(53-3)18-10-37)55-43-21-23-44(24-22-43)56-46(50-38-11-19-42(54-4)20-12-38)31-27-36(28-32-46)48-34-7-15-40(52-2)16-8-34/h5-29,31,47-50H,30,32H2,1-4H3. The molecule has 5 aromatic carbocycles. The number of hydrogen-bond acceptors (Lipinski definition) is 10. The Balaban J connectivity index is 1.08. The summed E-state index contributed by atoms with van der Waals surface area (Å²) in [5.74, 6) is 4.51. The summed E-state index contributed by atoms with van der Waals surface area (Å²) in [4.78, 5) is 0. The summed E-state index contributed by atoms with van der Waals surface area (Å²) in [7, 11) is 6.63. The van der Waals surface area contributed by atoms with Gasteiger partial charge < -0.3 is 49.7 Å². The molecule has 10 heteroatoms. The first-order chi connectivity index (χ1) is 27.4. The molecule has 0 fully saturated rings. The van der Waals surface area contributed by atoms with Gasteiger partial charge in [0.25, 0.3) is 0 Å². The van der Waals surface area contributed by atoms with E-state index in [-0.39, 0.29) is 0 Å². The third-order valence-electron chi connectivity index (χ3n) is 9.39. The van der Waals surface area contributed by atoms with E-state index in [0.717, 1.165) is 57.1 Å². The number of methoxy groups -OCH3 is 4. The van der Waals surface area contributed by atoms with E-state index in [4.69, 9.17) is 28.4 Å². The smallest absolute Gasteiger partial charge is 0.204 e. The summed E-state index contributed by atoms with van der Waals surface area (Å²) in [6.45, 7) is 0. The molecule has 0 saturated heterocycles. The second kappa shape index (κ2) is 17.0. The number of anilines is 4. The Morgan fingerprint density at radius 2 is 0.661 bits per heavy atom. The van der Waals surface area contributed by atoms with Crippen LogP contribution in [0.4, 0.5) is 22.7 Å². The summed E-state index contributed by atoms with van der Waals surface area (Å²) in [5.41, 5.74) is 3.87. The van der Waals surface area contributed by atoms with Gasteiger partial charge in [-0.25, -0.2) is 0 Å². The maximum Gasteiger partial charge on any atom is 0.204 e. The molecule has 2 unspecified atom stereocenters. The zero-order valence-corrected chi connectivity index (χ0v) is 31.9. The van der Waals surface area contributed by atoms with Crippen molar-refractivity contribution in [3.05, 3.63) is 169 Å². The van der Waals surface area contributed by atoms with E-state index in [2.05, 4.69) is 33.4 Å². The van der Waals surface area contributed by atoms with Gasteiger partial charge >= 0.3 is 0 Å². The molecule has 10 nitrogen and oxygen atoms in total. The molecule has 0 heterocycles. The quantitative estimate of drug-likeness (QED) is 0.0729. The molecular weight excluding hydrogens is 705 g/mol. The van der Waals surface area contributed by atoms with Crippen LogP contribution in [0.5, 0.6) is 34.5 Å². The predicted octanol–water partition coefficient (Wildman–Crippen LogP) is 10.0. The van der Waals surface area contributed by atoms with Crippen LogP contribution in [0.25, 0.3) is 0 Å². The number of hydrogen-bond donors (Lipinski definition) is 4. The number of benzene rings is 5. The lowest BCUT2D eigenvalue weighted by Gasteiger charge is -2.36. The molecule has 0 aromatic heterocycles. The van der Waals surface area contributed by atoms with Crippen molar-refractivity contribution in [2.24, 2.45) is 0 Å². The molecular formula is C46H46N4O6. The lowest BCUT2D eigenvalue weighted by atomic mass is 10.0. The summed E-state index contributed by atoms with van der Waals surface area (Å²) >= 11 is 0. The van der Waals surface area contributed by atoms with Gasteiger partial charge in [-0.1, -0.05) is 12.2 Å². The van der Waals surface area contributed by atoms with Gasteiger partial charge in [0.15, 0.2) is 0 Å². The number of rotatable bonds is 16. The molecule has 0 aliphatic heterocycles. The molecule has 2 atom stereocenters. The van der Waals surface area contributed by atoms with Crippen LogP contribution in [0.3, 0.4) is 0 Å². The highest BCUT2D eigenvalue weighted by Crippen LogP contribution is 2.35. The lowest BCUT2D eigenvalue weighted by molar-refractivity contribution is 0.146. The van der Waals surface area contributed by atoms with Crippen LogP contribution in [0.2, 0.25) is 0 Å². The maximum atomic E-state index is 6.76. The molecule has 0 amide bonds. The molecule has 56 heavy (non-hydrogen) atoms. The molecule has 2 aliphatic carbocycles. The van der Waals surface area contributed by atoms with Gasteiger partial charge in [-0.15, -0.1) is 0 Å². The molecule has 2 aliphatic rings. The highest BCUT2D eigenvalue weighted by molar-refractivity contribution is 5.57. The highest BCUT2D eigenvalue weighted by Gasteiger charge is 2.33. The van der Waals surface area contributed by atoms with Crippen molar-refractivity contribution in [3.63, 3.8) is 0 Å². The zero-order chi connectivity index (χ0) is 38.8. The fraction of sp³-hybridized carbons (Fsp3) is 0.174. The van der Waals surface area contributed by atoms with E-state index in [9.17, 15) is 0 Å². The van der Waals surface area contributed by atoms with Crippen LogP contribution in [0.1, 0.15) is 12.8 Å². The summed E-state index contributed by atoms with van der Waals surface area (Å²) in [6.07, 6.45) is 13.5. The SMILES string of the molecule is COc1ccc(NC2=CCC(Nc3ccc(OC)cc3)(Oc3ccc(OC4(Nc5ccc(OC)cc5)C=CC(Nc5ccc(OC)cc5)=CC4)cc3)C=C2)cc1. The van der Waals surface area contributed by atoms with Crippen LogP contribution in [-0.4, -0.2) is 39.9 Å². The van der Waals surface area contributed by atoms with Crippen molar-refractivity contribution in [3.8, 4) is 34.5 Å². The molecule has 4 N–H and O–H groups in total. The van der Waals surface area contributed by atoms with Crippen molar-refractivity contribution in [1.82, 2.24) is 0 Å². The van der Waals surface area contributed by atoms with Crippen molar-refractivity contribution in [2.75, 3.05) is 49.7 Å². The van der Waals surface area contributed by atoms with Gasteiger partial charge in [0, 0.05) is 47.0 Å². The molecule has 0 saturated carbocycles. The summed E-state index contributed by atoms with van der Waals surface area (Å²) < 4.78 is 34.9. The van der Waals surface area contributed by atoms with Gasteiger partial charge in [0.2, 0.25) is 11.4 Å². The normalized spacial score (nSPS) is 18.4. The third-order valence-corrected chi connectivity index (χ3v) is 9.39. The minimum Gasteiger partial charge on any atom is -0.497 e. The average molecular weight is 751 g/mol. The minimum atomic E-state index is -0.872. The Bertz CT molecular complexity index is 2020. The Morgan fingerprint density at radius 3 is 0.929 bits per heavy atom. The first-order valence-electron chi connectivity index (χ1n) is 18.3. The molecule has 7 rings (SSSR count). The van der Waals surface area contributed by atoms with E-state index < -0.39 is 11.4 Å². The second-order valence-electron chi connectivity index (χ2n) is 13.3. The van der Waals surface area contributed by atoms with Crippen molar-refractivity contribution >= 4 is 22.7 Å². The first kappa shape index (κ1) is 37.4. The first-order valence-corrected chi connectivity index (χ1v) is 18.3. The number of allylic oxidation sites excluding steroid dienone is 2. The zero-order valence-electron chi connectivity index (χ0n) is 31.9. The second-order valence-corrected chi connectivity index (χ2v) is 13.3. The summed E-state index contributed by atoms with van der Waals surface area (Å²) in [6, 6.07) is 38.9. The Labute approximate surface area is 328 Å². The van der Waals surface area contributed by atoms with Crippen molar-refractivity contribution < 1.29 is 28.4 Å². The van der Waals surface area contributed by atoms with Gasteiger partial charge in [-0.2, -0.15) is 0 Å². The van der Waals surface area contributed by atoms with Gasteiger partial charge in [-0.05, 0) is 146 Å². The van der Waals surface area contributed by atoms with Gasteiger partial charge in [0.1, 0.15) is 34.5 Å². The average Bonchev–Trinajstić information content (AvgIpc) is 3.24. The van der Waals surface area contributed by atoms with Gasteiger partial charge in [0.05, 0.1) is 28.4 Å². The monoisotopic (exact) mass is 750 g/mol. The van der Waals surface area contributed by atoms with Crippen LogP contribution >= 0.6 is 0 Å². The van der Waals surface area contributed by atoms with Crippen LogP contribution in [0, 0.1) is 0 Å². The fourth-order valence-corrected chi connectivity index (χ4v) is 6.33. The Hall–Kier alpha value is -6.94. The highest BCUT2D eigenvalue weighted by atomic mass is 16.5. The summed E-state index contributed by atoms with van der Waals surface area (Å²) in [5, 5.41) is 14.2. The number of nitrogens with one attached hydrogen (secondary N) is 4. The van der Waals surface area contributed by atoms with E-state index in [1.54, 1.807) is 28.4 Å². The maximum absolute atomic E-state index is 6.76.